The van der Waals surface area contributed by atoms with Crippen LogP contribution in [0.15, 0.2) is 33.1 Å². The van der Waals surface area contributed by atoms with Crippen molar-refractivity contribution in [2.75, 3.05) is 0 Å². The maximum absolute atomic E-state index is 13.1. The first kappa shape index (κ1) is 21.6. The molecule has 29 heavy (non-hydrogen) atoms. The summed E-state index contributed by atoms with van der Waals surface area (Å²) in [6, 6.07) is 1.39. The quantitative estimate of drug-likeness (QED) is 0.474. The Balaban J connectivity index is 1.97. The van der Waals surface area contributed by atoms with Gasteiger partial charge in [-0.15, -0.1) is 16.4 Å². The van der Waals surface area contributed by atoms with Crippen LogP contribution in [0.3, 0.4) is 0 Å². The molecule has 0 bridgehead atoms. The van der Waals surface area contributed by atoms with Gasteiger partial charge in [0, 0.05) is 10.9 Å². The summed E-state index contributed by atoms with van der Waals surface area (Å²) in [5.74, 6) is 0. The van der Waals surface area contributed by atoms with E-state index in [1.807, 2.05) is 20.8 Å². The Hall–Kier alpha value is -2.15. The average molecular weight is 453 g/mol. The SMILES string of the molecule is CC(C)(C)n1nnnc1Sc1nc(-c2cc(C(F)(F)F)cc(C(F)(F)F)c2)cs1. The number of tetrazole rings is 1. The lowest BCUT2D eigenvalue weighted by Crippen LogP contribution is -2.24. The average Bonchev–Trinajstić information content (AvgIpc) is 3.22. The van der Waals surface area contributed by atoms with E-state index in [-0.39, 0.29) is 17.3 Å². The van der Waals surface area contributed by atoms with Gasteiger partial charge < -0.3 is 0 Å². The summed E-state index contributed by atoms with van der Waals surface area (Å²) in [5, 5.41) is 13.2. The largest absolute Gasteiger partial charge is 0.416 e. The third kappa shape index (κ3) is 4.89. The topological polar surface area (TPSA) is 56.5 Å². The van der Waals surface area contributed by atoms with E-state index < -0.39 is 29.0 Å². The van der Waals surface area contributed by atoms with Crippen molar-refractivity contribution < 1.29 is 26.3 Å². The zero-order chi connectivity index (χ0) is 21.6. The smallest absolute Gasteiger partial charge is 0.229 e. The Morgan fingerprint density at radius 3 is 2.03 bits per heavy atom. The van der Waals surface area contributed by atoms with Gasteiger partial charge in [0.2, 0.25) is 5.16 Å². The van der Waals surface area contributed by atoms with Crippen LogP contribution in [-0.4, -0.2) is 25.2 Å². The molecule has 3 rings (SSSR count). The first-order chi connectivity index (χ1) is 13.2. The van der Waals surface area contributed by atoms with Gasteiger partial charge in [0.1, 0.15) is 0 Å². The third-order valence-electron chi connectivity index (χ3n) is 3.62. The van der Waals surface area contributed by atoms with E-state index in [9.17, 15) is 26.3 Å². The summed E-state index contributed by atoms with van der Waals surface area (Å²) < 4.78 is 80.2. The molecular weight excluding hydrogens is 440 g/mol. The highest BCUT2D eigenvalue weighted by Crippen LogP contribution is 2.40. The first-order valence-corrected chi connectivity index (χ1v) is 9.67. The molecule has 0 amide bonds. The van der Waals surface area contributed by atoms with Gasteiger partial charge in [0.15, 0.2) is 4.34 Å². The maximum atomic E-state index is 13.1. The fourth-order valence-electron chi connectivity index (χ4n) is 2.28. The molecular formula is C16H13F6N5S2. The van der Waals surface area contributed by atoms with Crippen molar-refractivity contribution in [2.24, 2.45) is 0 Å². The second-order valence-electron chi connectivity index (χ2n) is 6.94. The molecule has 13 heteroatoms. The van der Waals surface area contributed by atoms with E-state index in [2.05, 4.69) is 20.5 Å². The minimum Gasteiger partial charge on any atom is -0.229 e. The van der Waals surface area contributed by atoms with Crippen molar-refractivity contribution in [1.82, 2.24) is 25.2 Å². The molecule has 0 fully saturated rings. The van der Waals surface area contributed by atoms with Crippen LogP contribution in [0.1, 0.15) is 31.9 Å². The molecule has 2 heterocycles. The third-order valence-corrected chi connectivity index (χ3v) is 5.50. The lowest BCUT2D eigenvalue weighted by molar-refractivity contribution is -0.143. The fraction of sp³-hybridized carbons (Fsp3) is 0.375. The van der Waals surface area contributed by atoms with Gasteiger partial charge in [-0.2, -0.15) is 26.3 Å². The molecule has 156 valence electrons. The van der Waals surface area contributed by atoms with E-state index >= 15 is 0 Å². The van der Waals surface area contributed by atoms with Crippen molar-refractivity contribution in [1.29, 1.82) is 0 Å². The standard InChI is InChI=1S/C16H13F6N5S2/c1-14(2,3)27-12(24-25-26-27)29-13-23-11(7-28-13)8-4-9(15(17,18)19)6-10(5-8)16(20,21)22/h4-7H,1-3H3. The zero-order valence-corrected chi connectivity index (χ0v) is 16.8. The summed E-state index contributed by atoms with van der Waals surface area (Å²) in [4.78, 5) is 4.16. The highest BCUT2D eigenvalue weighted by Gasteiger charge is 2.37. The lowest BCUT2D eigenvalue weighted by atomic mass is 10.0. The summed E-state index contributed by atoms with van der Waals surface area (Å²) in [6.07, 6.45) is -9.84. The number of alkyl halides is 6. The van der Waals surface area contributed by atoms with Gasteiger partial charge >= 0.3 is 12.4 Å². The maximum Gasteiger partial charge on any atom is 0.416 e. The highest BCUT2D eigenvalue weighted by molar-refractivity contribution is 8.00. The lowest BCUT2D eigenvalue weighted by Gasteiger charge is -2.18. The Morgan fingerprint density at radius 2 is 1.52 bits per heavy atom. The van der Waals surface area contributed by atoms with Crippen LogP contribution in [0.5, 0.6) is 0 Å². The summed E-state index contributed by atoms with van der Waals surface area (Å²) >= 11 is 2.14. The molecule has 0 atom stereocenters. The van der Waals surface area contributed by atoms with Crippen molar-refractivity contribution in [2.45, 2.75) is 48.2 Å². The predicted molar refractivity (Wildman–Crippen MR) is 94.5 cm³/mol. The zero-order valence-electron chi connectivity index (χ0n) is 15.1. The van der Waals surface area contributed by atoms with Gasteiger partial charge in [-0.25, -0.2) is 9.67 Å². The number of halogens is 6. The van der Waals surface area contributed by atoms with Crippen LogP contribution < -0.4 is 0 Å². The number of benzene rings is 1. The Kier molecular flexibility index (Phi) is 5.41. The van der Waals surface area contributed by atoms with Gasteiger partial charge in [-0.05, 0) is 61.2 Å². The molecule has 2 aromatic heterocycles. The second kappa shape index (κ2) is 7.27. The molecule has 0 spiro atoms. The first-order valence-electron chi connectivity index (χ1n) is 7.97. The van der Waals surface area contributed by atoms with E-state index in [0.29, 0.717) is 21.6 Å². The molecule has 3 aromatic rings. The second-order valence-corrected chi connectivity index (χ2v) is 9.01. The molecule has 0 N–H and O–H groups in total. The van der Waals surface area contributed by atoms with Crippen LogP contribution in [0.2, 0.25) is 0 Å². The minimum absolute atomic E-state index is 0.00360. The molecule has 5 nitrogen and oxygen atoms in total. The van der Waals surface area contributed by atoms with Crippen molar-refractivity contribution in [3.8, 4) is 11.3 Å². The molecule has 0 aliphatic rings. The van der Waals surface area contributed by atoms with Gasteiger partial charge in [-0.1, -0.05) is 0 Å². The molecule has 0 saturated carbocycles. The van der Waals surface area contributed by atoms with Gasteiger partial charge in [0.05, 0.1) is 22.4 Å². The van der Waals surface area contributed by atoms with Gasteiger partial charge in [-0.3, -0.25) is 0 Å². The van der Waals surface area contributed by atoms with Crippen LogP contribution in [-0.2, 0) is 17.9 Å². The number of nitrogens with zero attached hydrogens (tertiary/aromatic N) is 5. The van der Waals surface area contributed by atoms with Crippen LogP contribution in [0.4, 0.5) is 26.3 Å². The van der Waals surface area contributed by atoms with E-state index in [0.717, 1.165) is 23.1 Å². The molecule has 0 saturated heterocycles. The van der Waals surface area contributed by atoms with Gasteiger partial charge in [0.25, 0.3) is 0 Å². The van der Waals surface area contributed by atoms with E-state index in [1.165, 1.54) is 5.38 Å². The molecule has 0 radical (unpaired) electrons. The van der Waals surface area contributed by atoms with E-state index in [4.69, 9.17) is 0 Å². The molecule has 0 unspecified atom stereocenters. The normalized spacial score (nSPS) is 13.1. The van der Waals surface area contributed by atoms with Crippen LogP contribution in [0, 0.1) is 0 Å². The highest BCUT2D eigenvalue weighted by atomic mass is 32.2. The van der Waals surface area contributed by atoms with Crippen molar-refractivity contribution in [3.63, 3.8) is 0 Å². The number of rotatable bonds is 3. The summed E-state index contributed by atoms with van der Waals surface area (Å²) in [7, 11) is 0. The summed E-state index contributed by atoms with van der Waals surface area (Å²) in [5.41, 5.74) is -3.47. The summed E-state index contributed by atoms with van der Waals surface area (Å²) in [6.45, 7) is 5.63. The minimum atomic E-state index is -4.92. The molecule has 1 aromatic carbocycles. The van der Waals surface area contributed by atoms with E-state index in [1.54, 1.807) is 4.68 Å². The van der Waals surface area contributed by atoms with Crippen molar-refractivity contribution in [3.05, 3.63) is 34.7 Å². The Morgan fingerprint density at radius 1 is 0.931 bits per heavy atom. The number of aromatic nitrogens is 5. The van der Waals surface area contributed by atoms with Crippen LogP contribution >= 0.6 is 23.1 Å². The molecule has 0 aliphatic carbocycles. The Labute approximate surface area is 169 Å². The number of hydrogen-bond acceptors (Lipinski definition) is 6. The Bertz CT molecular complexity index is 984. The molecule has 0 aliphatic heterocycles. The number of thiazole rings is 1. The monoisotopic (exact) mass is 453 g/mol. The number of hydrogen-bond donors (Lipinski definition) is 0. The predicted octanol–water partition coefficient (Wildman–Crippen LogP) is 5.74. The van der Waals surface area contributed by atoms with Crippen LogP contribution in [0.25, 0.3) is 11.3 Å². The fourth-order valence-corrected chi connectivity index (χ4v) is 4.17. The van der Waals surface area contributed by atoms with Crippen molar-refractivity contribution >= 4 is 23.1 Å².